The Kier molecular flexibility index (Phi) is 2.73. The Bertz CT molecular complexity index is 300. The second kappa shape index (κ2) is 4.01. The highest BCUT2D eigenvalue weighted by Gasteiger charge is 2.15. The lowest BCUT2D eigenvalue weighted by Crippen LogP contribution is -2.25. The maximum atomic E-state index is 5.37. The van der Waals surface area contributed by atoms with Gasteiger partial charge in [0.1, 0.15) is 5.75 Å². The Labute approximate surface area is 85.3 Å². The number of fused-ring (bicyclic) bond motifs is 1. The fraction of sp³-hybridized carbons (Fsp3) is 0.500. The van der Waals surface area contributed by atoms with E-state index in [9.17, 15) is 0 Å². The summed E-state index contributed by atoms with van der Waals surface area (Å²) in [7, 11) is 1.75. The van der Waals surface area contributed by atoms with Crippen molar-refractivity contribution in [1.82, 2.24) is 5.32 Å². The van der Waals surface area contributed by atoms with E-state index in [1.807, 2.05) is 0 Å². The van der Waals surface area contributed by atoms with Crippen molar-refractivity contribution in [1.29, 1.82) is 0 Å². The normalized spacial score (nSPS) is 15.0. The second-order valence-electron chi connectivity index (χ2n) is 3.66. The number of nitrogens with one attached hydrogen (secondary N) is 1. The summed E-state index contributed by atoms with van der Waals surface area (Å²) in [5, 5.41) is 3.39. The molecule has 1 aromatic carbocycles. The highest BCUT2D eigenvalue weighted by atomic mass is 16.5. The van der Waals surface area contributed by atoms with Crippen molar-refractivity contribution in [3.05, 3.63) is 28.8 Å². The lowest BCUT2D eigenvalue weighted by molar-refractivity contribution is 0.404. The average Bonchev–Trinajstić information content (AvgIpc) is 2.27. The standard InChI is InChI=1S/C12H17NO/c1-3-9-4-5-12(14-2)11-8-13-7-6-10(9)11/h4-5,13H,3,6-8H2,1-2H3. The van der Waals surface area contributed by atoms with Crippen molar-refractivity contribution < 1.29 is 4.74 Å². The first-order valence-corrected chi connectivity index (χ1v) is 5.25. The fourth-order valence-corrected chi connectivity index (χ4v) is 2.17. The maximum Gasteiger partial charge on any atom is 0.123 e. The first-order valence-electron chi connectivity index (χ1n) is 5.25. The van der Waals surface area contributed by atoms with Crippen LogP contribution < -0.4 is 10.1 Å². The highest BCUT2D eigenvalue weighted by Crippen LogP contribution is 2.28. The molecule has 0 aliphatic carbocycles. The summed E-state index contributed by atoms with van der Waals surface area (Å²) in [5.74, 6) is 1.03. The van der Waals surface area contributed by atoms with Gasteiger partial charge in [0, 0.05) is 12.1 Å². The molecule has 1 aliphatic heterocycles. The molecule has 0 spiro atoms. The first kappa shape index (κ1) is 9.53. The summed E-state index contributed by atoms with van der Waals surface area (Å²) in [6.07, 6.45) is 2.25. The van der Waals surface area contributed by atoms with Gasteiger partial charge in [0.15, 0.2) is 0 Å². The van der Waals surface area contributed by atoms with Crippen LogP contribution in [-0.4, -0.2) is 13.7 Å². The van der Waals surface area contributed by atoms with Crippen molar-refractivity contribution in [3.8, 4) is 5.75 Å². The molecule has 76 valence electrons. The van der Waals surface area contributed by atoms with Crippen LogP contribution in [0.2, 0.25) is 0 Å². The molecule has 0 fully saturated rings. The number of rotatable bonds is 2. The molecule has 2 nitrogen and oxygen atoms in total. The molecule has 0 saturated heterocycles. The molecule has 14 heavy (non-hydrogen) atoms. The minimum absolute atomic E-state index is 0.951. The summed E-state index contributed by atoms with van der Waals surface area (Å²) in [5.41, 5.74) is 4.34. The van der Waals surface area contributed by atoms with Crippen LogP contribution in [0.3, 0.4) is 0 Å². The first-order chi connectivity index (χ1) is 6.86. The van der Waals surface area contributed by atoms with Crippen molar-refractivity contribution in [2.45, 2.75) is 26.3 Å². The van der Waals surface area contributed by atoms with Crippen molar-refractivity contribution in [3.63, 3.8) is 0 Å². The lowest BCUT2D eigenvalue weighted by atomic mass is 9.93. The number of hydrogen-bond acceptors (Lipinski definition) is 2. The van der Waals surface area contributed by atoms with Gasteiger partial charge in [0.25, 0.3) is 0 Å². The van der Waals surface area contributed by atoms with Crippen LogP contribution in [0.4, 0.5) is 0 Å². The molecule has 0 saturated carbocycles. The van der Waals surface area contributed by atoms with Gasteiger partial charge in [0.2, 0.25) is 0 Å². The Morgan fingerprint density at radius 2 is 2.21 bits per heavy atom. The van der Waals surface area contributed by atoms with E-state index >= 15 is 0 Å². The zero-order chi connectivity index (χ0) is 9.97. The van der Waals surface area contributed by atoms with Gasteiger partial charge >= 0.3 is 0 Å². The number of benzene rings is 1. The monoisotopic (exact) mass is 191 g/mol. The SMILES string of the molecule is CCc1ccc(OC)c2c1CCNC2. The largest absolute Gasteiger partial charge is 0.496 e. The number of ether oxygens (including phenoxy) is 1. The minimum Gasteiger partial charge on any atom is -0.496 e. The van der Waals surface area contributed by atoms with Gasteiger partial charge in [-0.25, -0.2) is 0 Å². The average molecular weight is 191 g/mol. The molecule has 0 aromatic heterocycles. The van der Waals surface area contributed by atoms with Gasteiger partial charge in [0.05, 0.1) is 7.11 Å². The summed E-state index contributed by atoms with van der Waals surface area (Å²) in [6.45, 7) is 4.25. The zero-order valence-corrected chi connectivity index (χ0v) is 8.89. The second-order valence-corrected chi connectivity index (χ2v) is 3.66. The third-order valence-electron chi connectivity index (χ3n) is 2.94. The summed E-state index contributed by atoms with van der Waals surface area (Å²) >= 11 is 0. The molecule has 1 aromatic rings. The van der Waals surface area contributed by atoms with Gasteiger partial charge in [-0.15, -0.1) is 0 Å². The van der Waals surface area contributed by atoms with Gasteiger partial charge < -0.3 is 10.1 Å². The maximum absolute atomic E-state index is 5.37. The van der Waals surface area contributed by atoms with E-state index in [2.05, 4.69) is 24.4 Å². The van der Waals surface area contributed by atoms with Crippen molar-refractivity contribution in [2.24, 2.45) is 0 Å². The van der Waals surface area contributed by atoms with E-state index in [0.717, 1.165) is 31.7 Å². The molecule has 1 N–H and O–H groups in total. The van der Waals surface area contributed by atoms with Crippen LogP contribution in [0.1, 0.15) is 23.6 Å². The molecule has 0 radical (unpaired) electrons. The third-order valence-corrected chi connectivity index (χ3v) is 2.94. The quantitative estimate of drug-likeness (QED) is 0.771. The fourth-order valence-electron chi connectivity index (χ4n) is 2.17. The van der Waals surface area contributed by atoms with Gasteiger partial charge in [-0.2, -0.15) is 0 Å². The molecule has 0 unspecified atom stereocenters. The van der Waals surface area contributed by atoms with Crippen LogP contribution in [-0.2, 0) is 19.4 Å². The Hall–Kier alpha value is -1.02. The van der Waals surface area contributed by atoms with Gasteiger partial charge in [-0.05, 0) is 36.6 Å². The van der Waals surface area contributed by atoms with Crippen LogP contribution in [0.15, 0.2) is 12.1 Å². The van der Waals surface area contributed by atoms with E-state index in [4.69, 9.17) is 4.74 Å². The Morgan fingerprint density at radius 3 is 2.93 bits per heavy atom. The van der Waals surface area contributed by atoms with E-state index in [0.29, 0.717) is 0 Å². The molecule has 0 amide bonds. The van der Waals surface area contributed by atoms with E-state index in [1.54, 1.807) is 7.11 Å². The van der Waals surface area contributed by atoms with Crippen LogP contribution in [0, 0.1) is 0 Å². The summed E-state index contributed by atoms with van der Waals surface area (Å²) in [4.78, 5) is 0. The molecule has 1 heterocycles. The predicted octanol–water partition coefficient (Wildman–Crippen LogP) is 1.90. The van der Waals surface area contributed by atoms with Gasteiger partial charge in [-0.1, -0.05) is 13.0 Å². The van der Waals surface area contributed by atoms with E-state index in [1.165, 1.54) is 16.7 Å². The molecule has 2 heteroatoms. The van der Waals surface area contributed by atoms with Crippen LogP contribution >= 0.6 is 0 Å². The lowest BCUT2D eigenvalue weighted by Gasteiger charge is -2.22. The number of hydrogen-bond donors (Lipinski definition) is 1. The highest BCUT2D eigenvalue weighted by molar-refractivity contribution is 5.46. The minimum atomic E-state index is 0.951. The zero-order valence-electron chi connectivity index (χ0n) is 8.89. The predicted molar refractivity (Wildman–Crippen MR) is 57.8 cm³/mol. The molecule has 1 aliphatic rings. The van der Waals surface area contributed by atoms with Crippen LogP contribution in [0.5, 0.6) is 5.75 Å². The molecular formula is C12H17NO. The van der Waals surface area contributed by atoms with Crippen molar-refractivity contribution in [2.75, 3.05) is 13.7 Å². The molecule has 2 rings (SSSR count). The smallest absolute Gasteiger partial charge is 0.123 e. The Balaban J connectivity index is 2.50. The number of aryl methyl sites for hydroxylation is 1. The van der Waals surface area contributed by atoms with Crippen molar-refractivity contribution >= 4 is 0 Å². The summed E-state index contributed by atoms with van der Waals surface area (Å²) in [6, 6.07) is 4.29. The van der Waals surface area contributed by atoms with E-state index < -0.39 is 0 Å². The number of methoxy groups -OCH3 is 1. The van der Waals surface area contributed by atoms with E-state index in [-0.39, 0.29) is 0 Å². The Morgan fingerprint density at radius 1 is 1.36 bits per heavy atom. The topological polar surface area (TPSA) is 21.3 Å². The van der Waals surface area contributed by atoms with Crippen LogP contribution in [0.25, 0.3) is 0 Å². The molecule has 0 bridgehead atoms. The molecular weight excluding hydrogens is 174 g/mol. The molecule has 0 atom stereocenters. The third kappa shape index (κ3) is 1.50. The summed E-state index contributed by atoms with van der Waals surface area (Å²) < 4.78 is 5.37. The van der Waals surface area contributed by atoms with Gasteiger partial charge in [-0.3, -0.25) is 0 Å².